The zero-order chi connectivity index (χ0) is 21.8. The third-order valence-electron chi connectivity index (χ3n) is 4.85. The molecule has 1 aliphatic rings. The number of fused-ring (bicyclic) bond motifs is 1. The van der Waals surface area contributed by atoms with Crippen LogP contribution in [0.3, 0.4) is 0 Å². The molecule has 0 saturated carbocycles. The van der Waals surface area contributed by atoms with E-state index in [1.54, 1.807) is 14.0 Å². The third kappa shape index (κ3) is 4.61. The summed E-state index contributed by atoms with van der Waals surface area (Å²) in [7, 11) is 1.61. The maximum Gasteiger partial charge on any atom is 0.223 e. The lowest BCUT2D eigenvalue weighted by molar-refractivity contribution is 0.289. The van der Waals surface area contributed by atoms with Crippen LogP contribution in [0.25, 0.3) is 11.4 Å². The number of rotatable bonds is 6. The van der Waals surface area contributed by atoms with Crippen molar-refractivity contribution < 1.29 is 18.7 Å². The van der Waals surface area contributed by atoms with Gasteiger partial charge in [-0.1, -0.05) is 5.16 Å². The molecule has 2 heterocycles. The van der Waals surface area contributed by atoms with Gasteiger partial charge in [0.1, 0.15) is 0 Å². The Morgan fingerprint density at radius 1 is 1.19 bits per heavy atom. The van der Waals surface area contributed by atoms with E-state index in [0.29, 0.717) is 47.2 Å². The van der Waals surface area contributed by atoms with E-state index in [1.807, 2.05) is 42.7 Å². The summed E-state index contributed by atoms with van der Waals surface area (Å²) in [5, 5.41) is 16.4. The fourth-order valence-electron chi connectivity index (χ4n) is 3.30. The fourth-order valence-corrected chi connectivity index (χ4v) is 3.73. The largest absolute Gasteiger partial charge is 0.493 e. The van der Waals surface area contributed by atoms with Crippen LogP contribution in [-0.2, 0) is 0 Å². The Kier molecular flexibility index (Phi) is 6.31. The number of benzene rings is 2. The van der Waals surface area contributed by atoms with Crippen molar-refractivity contribution >= 4 is 22.5 Å². The van der Waals surface area contributed by atoms with Crippen LogP contribution in [0.2, 0.25) is 0 Å². The van der Waals surface area contributed by atoms with Crippen LogP contribution in [0.15, 0.2) is 40.9 Å². The van der Waals surface area contributed by atoms with Crippen molar-refractivity contribution in [2.24, 2.45) is 0 Å². The van der Waals surface area contributed by atoms with E-state index in [9.17, 15) is 0 Å². The van der Waals surface area contributed by atoms with Gasteiger partial charge in [0.25, 0.3) is 0 Å². The van der Waals surface area contributed by atoms with Crippen LogP contribution in [0.5, 0.6) is 17.2 Å². The number of nitrogens with one attached hydrogen (secondary N) is 2. The van der Waals surface area contributed by atoms with Crippen molar-refractivity contribution in [2.45, 2.75) is 19.4 Å². The van der Waals surface area contributed by atoms with Crippen LogP contribution < -0.4 is 19.5 Å². The SMILES string of the molecule is COc1cc(C(Nc2ccc(-c3noc(C)n3)cc2)C(=N)SC)cc2c1OCCCO2. The van der Waals surface area contributed by atoms with Crippen LogP contribution in [0.1, 0.15) is 23.9 Å². The van der Waals surface area contributed by atoms with E-state index in [1.165, 1.54) is 11.8 Å². The summed E-state index contributed by atoms with van der Waals surface area (Å²) in [6.07, 6.45) is 2.70. The monoisotopic (exact) mass is 440 g/mol. The summed E-state index contributed by atoms with van der Waals surface area (Å²) in [5.41, 5.74) is 2.58. The zero-order valence-electron chi connectivity index (χ0n) is 17.6. The van der Waals surface area contributed by atoms with Gasteiger partial charge in [-0.15, -0.1) is 11.8 Å². The van der Waals surface area contributed by atoms with Crippen LogP contribution in [0, 0.1) is 12.3 Å². The first-order valence-electron chi connectivity index (χ1n) is 9.86. The Morgan fingerprint density at radius 3 is 2.65 bits per heavy atom. The Bertz CT molecular complexity index is 1070. The first kappa shape index (κ1) is 21.0. The minimum atomic E-state index is -0.376. The van der Waals surface area contributed by atoms with Gasteiger partial charge in [0.05, 0.1) is 31.4 Å². The second kappa shape index (κ2) is 9.30. The summed E-state index contributed by atoms with van der Waals surface area (Å²) in [4.78, 5) is 4.25. The number of aromatic nitrogens is 2. The van der Waals surface area contributed by atoms with E-state index in [0.717, 1.165) is 23.2 Å². The molecule has 162 valence electrons. The number of ether oxygens (including phenoxy) is 3. The number of anilines is 1. The molecule has 0 aliphatic carbocycles. The Morgan fingerprint density at radius 2 is 1.97 bits per heavy atom. The lowest BCUT2D eigenvalue weighted by Crippen LogP contribution is -2.18. The normalized spacial score (nSPS) is 13.9. The minimum Gasteiger partial charge on any atom is -0.493 e. The molecule has 31 heavy (non-hydrogen) atoms. The van der Waals surface area contributed by atoms with E-state index < -0.39 is 0 Å². The number of aryl methyl sites for hydroxylation is 1. The molecule has 0 amide bonds. The topological polar surface area (TPSA) is 102 Å². The van der Waals surface area contributed by atoms with Gasteiger partial charge in [0.15, 0.2) is 11.5 Å². The van der Waals surface area contributed by atoms with E-state index in [4.69, 9.17) is 24.1 Å². The van der Waals surface area contributed by atoms with Crippen LogP contribution in [-0.4, -0.2) is 41.8 Å². The predicted molar refractivity (Wildman–Crippen MR) is 121 cm³/mol. The molecule has 0 bridgehead atoms. The molecule has 0 radical (unpaired) electrons. The highest BCUT2D eigenvalue weighted by Crippen LogP contribution is 2.42. The average Bonchev–Trinajstić information content (AvgIpc) is 3.09. The van der Waals surface area contributed by atoms with Crippen molar-refractivity contribution in [2.75, 3.05) is 31.9 Å². The highest BCUT2D eigenvalue weighted by atomic mass is 32.2. The molecule has 1 unspecified atom stereocenters. The molecular formula is C22H24N4O4S. The predicted octanol–water partition coefficient (Wildman–Crippen LogP) is 4.71. The molecule has 0 fully saturated rings. The molecule has 1 aliphatic heterocycles. The second-order valence-corrected chi connectivity index (χ2v) is 7.81. The lowest BCUT2D eigenvalue weighted by Gasteiger charge is -2.22. The molecule has 3 aromatic rings. The number of nitrogens with zero attached hydrogens (tertiary/aromatic N) is 2. The Balaban J connectivity index is 1.64. The Labute approximate surface area is 184 Å². The number of thioether (sulfide) groups is 1. The summed E-state index contributed by atoms with van der Waals surface area (Å²) < 4.78 is 22.3. The number of methoxy groups -OCH3 is 1. The fraction of sp³-hybridized carbons (Fsp3) is 0.318. The van der Waals surface area contributed by atoms with Gasteiger partial charge in [-0.2, -0.15) is 4.98 Å². The molecule has 4 rings (SSSR count). The molecular weight excluding hydrogens is 416 g/mol. The molecule has 2 N–H and O–H groups in total. The van der Waals surface area contributed by atoms with Crippen molar-refractivity contribution in [1.82, 2.24) is 10.1 Å². The standard InChI is InChI=1S/C22H24N4O4S/c1-13-24-22(26-30-13)14-5-7-16(8-6-14)25-19(21(23)31-3)15-11-17(27-2)20-18(12-15)28-9-4-10-29-20/h5-8,11-12,19,23,25H,4,9-10H2,1-3H3. The minimum absolute atomic E-state index is 0.376. The van der Waals surface area contributed by atoms with Gasteiger partial charge < -0.3 is 24.1 Å². The molecule has 1 atom stereocenters. The smallest absolute Gasteiger partial charge is 0.223 e. The van der Waals surface area contributed by atoms with Crippen molar-refractivity contribution in [3.05, 3.63) is 47.9 Å². The molecule has 0 spiro atoms. The first-order valence-corrected chi connectivity index (χ1v) is 11.1. The highest BCUT2D eigenvalue weighted by Gasteiger charge is 2.23. The van der Waals surface area contributed by atoms with Gasteiger partial charge in [0.2, 0.25) is 17.5 Å². The molecule has 1 aromatic heterocycles. The van der Waals surface area contributed by atoms with Gasteiger partial charge in [0, 0.05) is 24.6 Å². The Hall–Kier alpha value is -3.20. The van der Waals surface area contributed by atoms with Gasteiger partial charge >= 0.3 is 0 Å². The average molecular weight is 441 g/mol. The van der Waals surface area contributed by atoms with Gasteiger partial charge in [-0.3, -0.25) is 5.41 Å². The van der Waals surface area contributed by atoms with Crippen LogP contribution in [0.4, 0.5) is 5.69 Å². The summed E-state index contributed by atoms with van der Waals surface area (Å²) in [6.45, 7) is 2.92. The zero-order valence-corrected chi connectivity index (χ0v) is 18.4. The van der Waals surface area contributed by atoms with E-state index >= 15 is 0 Å². The maximum atomic E-state index is 8.53. The van der Waals surface area contributed by atoms with E-state index in [2.05, 4.69) is 15.5 Å². The summed E-state index contributed by atoms with van der Waals surface area (Å²) >= 11 is 1.38. The first-order chi connectivity index (χ1) is 15.1. The second-order valence-electron chi connectivity index (χ2n) is 6.96. The third-order valence-corrected chi connectivity index (χ3v) is 5.53. The highest BCUT2D eigenvalue weighted by molar-refractivity contribution is 8.13. The summed E-state index contributed by atoms with van der Waals surface area (Å²) in [6, 6.07) is 11.1. The molecule has 9 heteroatoms. The molecule has 2 aromatic carbocycles. The van der Waals surface area contributed by atoms with Crippen molar-refractivity contribution in [1.29, 1.82) is 5.41 Å². The van der Waals surface area contributed by atoms with Crippen molar-refractivity contribution in [3.8, 4) is 28.6 Å². The number of hydrogen-bond acceptors (Lipinski definition) is 9. The molecule has 0 saturated heterocycles. The quantitative estimate of drug-likeness (QED) is 0.420. The van der Waals surface area contributed by atoms with Crippen LogP contribution >= 0.6 is 11.8 Å². The maximum absolute atomic E-state index is 8.53. The number of hydrogen-bond donors (Lipinski definition) is 2. The van der Waals surface area contributed by atoms with E-state index in [-0.39, 0.29) is 6.04 Å². The summed E-state index contributed by atoms with van der Waals surface area (Å²) in [5.74, 6) is 2.91. The molecule has 8 nitrogen and oxygen atoms in total. The van der Waals surface area contributed by atoms with Gasteiger partial charge in [-0.05, 0) is 48.2 Å². The lowest BCUT2D eigenvalue weighted by atomic mass is 10.0. The van der Waals surface area contributed by atoms with Crippen molar-refractivity contribution in [3.63, 3.8) is 0 Å². The van der Waals surface area contributed by atoms with Gasteiger partial charge in [-0.25, -0.2) is 0 Å².